The monoisotopic (exact) mass is 336 g/mol. The molecule has 8 heteroatoms. The van der Waals surface area contributed by atoms with Crippen molar-refractivity contribution in [2.75, 3.05) is 50.3 Å². The number of hydrogen-bond acceptors (Lipinski definition) is 5. The minimum atomic E-state index is -3.67. The van der Waals surface area contributed by atoms with Gasteiger partial charge < -0.3 is 9.80 Å². The van der Waals surface area contributed by atoms with Gasteiger partial charge in [0.05, 0.1) is 17.5 Å². The maximum Gasteiger partial charge on any atom is 0.243 e. The Kier molecular flexibility index (Phi) is 5.23. The molecule has 0 saturated carbocycles. The van der Waals surface area contributed by atoms with E-state index in [-0.39, 0.29) is 23.7 Å². The lowest BCUT2D eigenvalue weighted by Gasteiger charge is -2.34. The number of carbonyl (C=O) groups excluding carboxylic acids is 1. The summed E-state index contributed by atoms with van der Waals surface area (Å²) in [6.07, 6.45) is 1.04. The molecule has 124 valence electrons. The lowest BCUT2D eigenvalue weighted by molar-refractivity contribution is -0.131. The number of rotatable bonds is 4. The molecule has 0 atom stereocenters. The van der Waals surface area contributed by atoms with Gasteiger partial charge in [-0.15, -0.1) is 0 Å². The third-order valence-electron chi connectivity index (χ3n) is 3.83. The summed E-state index contributed by atoms with van der Waals surface area (Å²) >= 11 is 0. The highest BCUT2D eigenvalue weighted by Crippen LogP contribution is 2.22. The molecule has 0 radical (unpaired) electrons. The summed E-state index contributed by atoms with van der Waals surface area (Å²) in [7, 11) is -1.69. The fourth-order valence-corrected chi connectivity index (χ4v) is 3.31. The van der Waals surface area contributed by atoms with Crippen LogP contribution in [-0.2, 0) is 14.8 Å². The van der Waals surface area contributed by atoms with Crippen LogP contribution in [0, 0.1) is 11.3 Å². The van der Waals surface area contributed by atoms with Gasteiger partial charge in [-0.3, -0.25) is 9.10 Å². The van der Waals surface area contributed by atoms with Crippen LogP contribution in [0.5, 0.6) is 0 Å². The van der Waals surface area contributed by atoms with Gasteiger partial charge in [-0.2, -0.15) is 5.26 Å². The summed E-state index contributed by atoms with van der Waals surface area (Å²) in [6.45, 7) is 2.39. The van der Waals surface area contributed by atoms with Crippen molar-refractivity contribution in [3.63, 3.8) is 0 Å². The van der Waals surface area contributed by atoms with E-state index in [0.29, 0.717) is 13.1 Å². The molecule has 1 aromatic carbocycles. The van der Waals surface area contributed by atoms with Gasteiger partial charge in [-0.25, -0.2) is 8.42 Å². The van der Waals surface area contributed by atoms with Gasteiger partial charge in [0.15, 0.2) is 0 Å². The van der Waals surface area contributed by atoms with Gasteiger partial charge in [0.1, 0.15) is 12.6 Å². The van der Waals surface area contributed by atoms with E-state index >= 15 is 0 Å². The number of carbonyl (C=O) groups is 1. The molecular weight excluding hydrogens is 316 g/mol. The second-order valence-corrected chi connectivity index (χ2v) is 7.49. The van der Waals surface area contributed by atoms with Crippen LogP contribution < -0.4 is 4.31 Å². The number of nitrogens with zero attached hydrogens (tertiary/aromatic N) is 4. The normalized spacial score (nSPS) is 16.0. The molecule has 0 aromatic heterocycles. The fraction of sp³-hybridized carbons (Fsp3) is 0.467. The Hall–Kier alpha value is -2.11. The van der Waals surface area contributed by atoms with Crippen LogP contribution >= 0.6 is 0 Å². The third-order valence-corrected chi connectivity index (χ3v) is 4.95. The Labute approximate surface area is 136 Å². The number of sulfonamides is 1. The van der Waals surface area contributed by atoms with E-state index < -0.39 is 10.0 Å². The van der Waals surface area contributed by atoms with E-state index in [1.165, 1.54) is 12.1 Å². The Balaban J connectivity index is 2.24. The average molecular weight is 336 g/mol. The molecule has 0 unspecified atom stereocenters. The zero-order valence-electron chi connectivity index (χ0n) is 13.3. The highest BCUT2D eigenvalue weighted by atomic mass is 32.2. The Morgan fingerprint density at radius 1 is 1.26 bits per heavy atom. The first-order chi connectivity index (χ1) is 10.8. The van der Waals surface area contributed by atoms with E-state index in [0.717, 1.165) is 23.7 Å². The Morgan fingerprint density at radius 3 is 2.43 bits per heavy atom. The minimum Gasteiger partial charge on any atom is -0.339 e. The quantitative estimate of drug-likeness (QED) is 0.778. The predicted octanol–water partition coefficient (Wildman–Crippen LogP) is 0.0983. The maximum absolute atomic E-state index is 12.5. The van der Waals surface area contributed by atoms with Crippen molar-refractivity contribution >= 4 is 21.6 Å². The molecule has 7 nitrogen and oxygen atoms in total. The summed E-state index contributed by atoms with van der Waals surface area (Å²) in [6, 6.07) is 8.35. The number of benzene rings is 1. The van der Waals surface area contributed by atoms with Crippen LogP contribution in [0.15, 0.2) is 24.3 Å². The third kappa shape index (κ3) is 4.21. The summed E-state index contributed by atoms with van der Waals surface area (Å²) in [5, 5.41) is 9.17. The van der Waals surface area contributed by atoms with Crippen molar-refractivity contribution in [2.45, 2.75) is 0 Å². The summed E-state index contributed by atoms with van der Waals surface area (Å²) in [4.78, 5) is 16.2. The van der Waals surface area contributed by atoms with Crippen molar-refractivity contribution in [3.05, 3.63) is 29.8 Å². The Bertz CT molecular complexity index is 718. The number of amides is 1. The summed E-state index contributed by atoms with van der Waals surface area (Å²) < 4.78 is 25.2. The first kappa shape index (κ1) is 17.2. The summed E-state index contributed by atoms with van der Waals surface area (Å²) in [5.74, 6) is -0.253. The molecule has 0 N–H and O–H groups in total. The second-order valence-electron chi connectivity index (χ2n) is 5.58. The molecule has 1 fully saturated rings. The number of piperazine rings is 1. The highest BCUT2D eigenvalue weighted by molar-refractivity contribution is 7.92. The number of hydrogen-bond donors (Lipinski definition) is 0. The van der Waals surface area contributed by atoms with Gasteiger partial charge in [-0.1, -0.05) is 12.1 Å². The van der Waals surface area contributed by atoms with E-state index in [1.807, 2.05) is 13.1 Å². The van der Waals surface area contributed by atoms with Crippen molar-refractivity contribution in [1.82, 2.24) is 9.80 Å². The zero-order chi connectivity index (χ0) is 17.0. The predicted molar refractivity (Wildman–Crippen MR) is 87.4 cm³/mol. The van der Waals surface area contributed by atoms with Crippen LogP contribution in [0.4, 0.5) is 5.69 Å². The largest absolute Gasteiger partial charge is 0.339 e. The standard InChI is InChI=1S/C15H20N4O3S/c1-17-7-9-18(10-8-17)15(20)12-19(23(2,21)22)14-6-4-3-5-13(14)11-16/h3-6H,7-10,12H2,1-2H3. The smallest absolute Gasteiger partial charge is 0.243 e. The van der Waals surface area contributed by atoms with E-state index in [1.54, 1.807) is 17.0 Å². The van der Waals surface area contributed by atoms with Crippen LogP contribution in [0.3, 0.4) is 0 Å². The van der Waals surface area contributed by atoms with Gasteiger partial charge in [-0.05, 0) is 19.2 Å². The molecule has 23 heavy (non-hydrogen) atoms. The molecule has 1 aliphatic rings. The van der Waals surface area contributed by atoms with Crippen LogP contribution in [0.2, 0.25) is 0 Å². The second kappa shape index (κ2) is 6.98. The van der Waals surface area contributed by atoms with Crippen molar-refractivity contribution < 1.29 is 13.2 Å². The van der Waals surface area contributed by atoms with Gasteiger partial charge >= 0.3 is 0 Å². The first-order valence-electron chi connectivity index (χ1n) is 7.26. The highest BCUT2D eigenvalue weighted by Gasteiger charge is 2.27. The lowest BCUT2D eigenvalue weighted by Crippen LogP contribution is -2.50. The molecule has 1 aliphatic heterocycles. The average Bonchev–Trinajstić information content (AvgIpc) is 2.52. The molecule has 1 saturated heterocycles. The molecule has 2 rings (SSSR count). The minimum absolute atomic E-state index is 0.226. The molecule has 0 aliphatic carbocycles. The number of likely N-dealkylation sites (N-methyl/N-ethyl adjacent to an activating group) is 1. The first-order valence-corrected chi connectivity index (χ1v) is 9.11. The molecule has 0 spiro atoms. The van der Waals surface area contributed by atoms with Gasteiger partial charge in [0, 0.05) is 26.2 Å². The SMILES string of the molecule is CN1CCN(C(=O)CN(c2ccccc2C#N)S(C)(=O)=O)CC1. The van der Waals surface area contributed by atoms with E-state index in [9.17, 15) is 18.5 Å². The van der Waals surface area contributed by atoms with Crippen molar-refractivity contribution in [3.8, 4) is 6.07 Å². The molecule has 1 aromatic rings. The van der Waals surface area contributed by atoms with E-state index in [2.05, 4.69) is 4.90 Å². The number of nitriles is 1. The maximum atomic E-state index is 12.5. The number of anilines is 1. The van der Waals surface area contributed by atoms with Gasteiger partial charge in [0.2, 0.25) is 15.9 Å². The van der Waals surface area contributed by atoms with E-state index in [4.69, 9.17) is 0 Å². The number of para-hydroxylation sites is 1. The van der Waals surface area contributed by atoms with Crippen LogP contribution in [-0.4, -0.2) is 70.2 Å². The zero-order valence-corrected chi connectivity index (χ0v) is 14.1. The molecule has 1 amide bonds. The van der Waals surface area contributed by atoms with Crippen LogP contribution in [0.25, 0.3) is 0 Å². The molecular formula is C15H20N4O3S. The molecule has 1 heterocycles. The fourth-order valence-electron chi connectivity index (χ4n) is 2.45. The van der Waals surface area contributed by atoms with Crippen molar-refractivity contribution in [1.29, 1.82) is 5.26 Å². The Morgan fingerprint density at radius 2 is 1.87 bits per heavy atom. The lowest BCUT2D eigenvalue weighted by atomic mass is 10.2. The van der Waals surface area contributed by atoms with Crippen LogP contribution in [0.1, 0.15) is 5.56 Å². The van der Waals surface area contributed by atoms with Crippen molar-refractivity contribution in [2.24, 2.45) is 0 Å². The molecule has 0 bridgehead atoms. The van der Waals surface area contributed by atoms with Gasteiger partial charge in [0.25, 0.3) is 0 Å². The topological polar surface area (TPSA) is 84.7 Å². The summed E-state index contributed by atoms with van der Waals surface area (Å²) in [5.41, 5.74) is 0.462.